The van der Waals surface area contributed by atoms with Gasteiger partial charge >= 0.3 is 5.97 Å². The van der Waals surface area contributed by atoms with Gasteiger partial charge in [-0.3, -0.25) is 4.79 Å². The number of para-hydroxylation sites is 1. The maximum absolute atomic E-state index is 12.4. The van der Waals surface area contributed by atoms with Crippen LogP contribution in [0.15, 0.2) is 78.9 Å². The Morgan fingerprint density at radius 1 is 0.897 bits per heavy atom. The lowest BCUT2D eigenvalue weighted by molar-refractivity contribution is 0.0734. The van der Waals surface area contributed by atoms with Gasteiger partial charge in [0.2, 0.25) is 0 Å². The largest absolute Gasteiger partial charge is 0.493 e. The highest BCUT2D eigenvalue weighted by molar-refractivity contribution is 6.30. The minimum atomic E-state index is -0.492. The van der Waals surface area contributed by atoms with Crippen molar-refractivity contribution in [3.05, 3.63) is 101 Å². The fourth-order valence-electron chi connectivity index (χ4n) is 2.61. The molecule has 3 aromatic rings. The highest BCUT2D eigenvalue weighted by Crippen LogP contribution is 2.20. The average Bonchev–Trinajstić information content (AvgIpc) is 2.74. The minimum Gasteiger partial charge on any atom is -0.493 e. The monoisotopic (exact) mass is 406 g/mol. The van der Waals surface area contributed by atoms with Crippen molar-refractivity contribution in [1.29, 1.82) is 0 Å². The molecule has 0 saturated carbocycles. The summed E-state index contributed by atoms with van der Waals surface area (Å²) in [6, 6.07) is 20.3. The number of ketones is 1. The lowest BCUT2D eigenvalue weighted by atomic mass is 10.1. The first kappa shape index (κ1) is 20.4. The summed E-state index contributed by atoms with van der Waals surface area (Å²) in [6.45, 7) is 2.46. The van der Waals surface area contributed by atoms with Crippen molar-refractivity contribution in [3.63, 3.8) is 0 Å². The molecule has 0 unspecified atom stereocenters. The zero-order valence-corrected chi connectivity index (χ0v) is 16.6. The molecule has 146 valence electrons. The molecule has 0 heterocycles. The summed E-state index contributed by atoms with van der Waals surface area (Å²) in [5.74, 6) is 0.427. The van der Waals surface area contributed by atoms with E-state index in [-0.39, 0.29) is 5.78 Å². The summed E-state index contributed by atoms with van der Waals surface area (Å²) >= 11 is 5.82. The Labute approximate surface area is 174 Å². The van der Waals surface area contributed by atoms with Gasteiger partial charge in [-0.25, -0.2) is 4.79 Å². The molecular weight excluding hydrogens is 388 g/mol. The number of carbonyl (C=O) groups excluding carboxylic acids is 2. The lowest BCUT2D eigenvalue weighted by Crippen LogP contribution is -2.08. The van der Waals surface area contributed by atoms with E-state index in [1.54, 1.807) is 54.6 Å². The molecule has 0 aliphatic carbocycles. The van der Waals surface area contributed by atoms with Crippen molar-refractivity contribution in [2.24, 2.45) is 0 Å². The molecule has 0 aromatic heterocycles. The second kappa shape index (κ2) is 9.71. The number of hydrogen-bond acceptors (Lipinski definition) is 4. The van der Waals surface area contributed by atoms with Crippen LogP contribution in [0.2, 0.25) is 5.02 Å². The highest BCUT2D eigenvalue weighted by atomic mass is 35.5. The molecule has 0 bridgehead atoms. The number of halogens is 1. The SMILES string of the molecule is CCOc1ccccc1C=CC(=O)c1ccc(OC(=O)c2ccc(Cl)cc2)cc1. The Morgan fingerprint density at radius 2 is 1.55 bits per heavy atom. The quantitative estimate of drug-likeness (QED) is 0.213. The van der Waals surface area contributed by atoms with E-state index in [1.807, 2.05) is 31.2 Å². The molecule has 0 saturated heterocycles. The van der Waals surface area contributed by atoms with E-state index in [9.17, 15) is 9.59 Å². The third kappa shape index (κ3) is 5.56. The number of esters is 1. The van der Waals surface area contributed by atoms with Crippen LogP contribution in [0.4, 0.5) is 0 Å². The van der Waals surface area contributed by atoms with Crippen LogP contribution in [0.25, 0.3) is 6.08 Å². The normalized spacial score (nSPS) is 10.7. The lowest BCUT2D eigenvalue weighted by Gasteiger charge is -2.06. The van der Waals surface area contributed by atoms with Crippen LogP contribution in [0.3, 0.4) is 0 Å². The first-order valence-electron chi connectivity index (χ1n) is 9.09. The van der Waals surface area contributed by atoms with E-state index >= 15 is 0 Å². The van der Waals surface area contributed by atoms with Crippen LogP contribution >= 0.6 is 11.6 Å². The zero-order valence-electron chi connectivity index (χ0n) is 15.8. The molecule has 0 aliphatic rings. The topological polar surface area (TPSA) is 52.6 Å². The van der Waals surface area contributed by atoms with E-state index in [4.69, 9.17) is 21.1 Å². The fourth-order valence-corrected chi connectivity index (χ4v) is 2.73. The summed E-state index contributed by atoms with van der Waals surface area (Å²) in [5.41, 5.74) is 1.71. The van der Waals surface area contributed by atoms with Crippen molar-refractivity contribution in [2.45, 2.75) is 6.92 Å². The van der Waals surface area contributed by atoms with Crippen molar-refractivity contribution >= 4 is 29.4 Å². The molecule has 0 amide bonds. The molecule has 3 rings (SSSR count). The second-order valence-corrected chi connectivity index (χ2v) is 6.53. The summed E-state index contributed by atoms with van der Waals surface area (Å²) in [7, 11) is 0. The Bertz CT molecular complexity index is 1020. The Hall–Kier alpha value is -3.37. The number of hydrogen-bond donors (Lipinski definition) is 0. The maximum Gasteiger partial charge on any atom is 0.343 e. The molecule has 5 heteroatoms. The van der Waals surface area contributed by atoms with Gasteiger partial charge in [0.25, 0.3) is 0 Å². The minimum absolute atomic E-state index is 0.160. The van der Waals surface area contributed by atoms with Crippen molar-refractivity contribution in [3.8, 4) is 11.5 Å². The van der Waals surface area contributed by atoms with Gasteiger partial charge in [-0.15, -0.1) is 0 Å². The van der Waals surface area contributed by atoms with Crippen LogP contribution in [0, 0.1) is 0 Å². The van der Waals surface area contributed by atoms with Crippen LogP contribution in [0.5, 0.6) is 11.5 Å². The molecule has 0 aliphatic heterocycles. The van der Waals surface area contributed by atoms with Gasteiger partial charge in [-0.05, 0) is 73.7 Å². The molecule has 4 nitrogen and oxygen atoms in total. The number of allylic oxidation sites excluding steroid dienone is 1. The number of rotatable bonds is 7. The Kier molecular flexibility index (Phi) is 6.82. The van der Waals surface area contributed by atoms with Crippen LogP contribution in [-0.2, 0) is 0 Å². The molecule has 0 spiro atoms. The molecule has 0 radical (unpaired) electrons. The predicted molar refractivity (Wildman–Crippen MR) is 114 cm³/mol. The van der Waals surface area contributed by atoms with Crippen molar-refractivity contribution in [2.75, 3.05) is 6.61 Å². The van der Waals surface area contributed by atoms with Gasteiger partial charge in [0.1, 0.15) is 11.5 Å². The van der Waals surface area contributed by atoms with E-state index < -0.39 is 5.97 Å². The second-order valence-electron chi connectivity index (χ2n) is 6.09. The first-order valence-corrected chi connectivity index (χ1v) is 9.46. The van der Waals surface area contributed by atoms with Gasteiger partial charge in [-0.1, -0.05) is 29.8 Å². The molecule has 0 atom stereocenters. The molecular formula is C24H19ClO4. The van der Waals surface area contributed by atoms with Gasteiger partial charge in [0.15, 0.2) is 5.78 Å². The molecule has 0 N–H and O–H groups in total. The Morgan fingerprint density at radius 3 is 2.24 bits per heavy atom. The van der Waals surface area contributed by atoms with E-state index in [0.29, 0.717) is 28.5 Å². The van der Waals surface area contributed by atoms with Crippen molar-refractivity contribution < 1.29 is 19.1 Å². The summed E-state index contributed by atoms with van der Waals surface area (Å²) in [4.78, 5) is 24.6. The van der Waals surface area contributed by atoms with E-state index in [0.717, 1.165) is 11.3 Å². The third-order valence-corrected chi connectivity index (χ3v) is 4.31. The summed E-state index contributed by atoms with van der Waals surface area (Å²) in [6.07, 6.45) is 3.22. The van der Waals surface area contributed by atoms with Crippen LogP contribution < -0.4 is 9.47 Å². The molecule has 3 aromatic carbocycles. The van der Waals surface area contributed by atoms with Gasteiger partial charge in [-0.2, -0.15) is 0 Å². The number of benzene rings is 3. The first-order chi connectivity index (χ1) is 14.1. The van der Waals surface area contributed by atoms with E-state index in [2.05, 4.69) is 0 Å². The highest BCUT2D eigenvalue weighted by Gasteiger charge is 2.09. The molecule has 0 fully saturated rings. The molecule has 29 heavy (non-hydrogen) atoms. The fraction of sp³-hybridized carbons (Fsp3) is 0.0833. The zero-order chi connectivity index (χ0) is 20.6. The Balaban J connectivity index is 1.66. The summed E-state index contributed by atoms with van der Waals surface area (Å²) in [5, 5.41) is 0.543. The van der Waals surface area contributed by atoms with Gasteiger partial charge in [0, 0.05) is 16.1 Å². The van der Waals surface area contributed by atoms with Crippen LogP contribution in [-0.4, -0.2) is 18.4 Å². The smallest absolute Gasteiger partial charge is 0.343 e. The van der Waals surface area contributed by atoms with Crippen molar-refractivity contribution in [1.82, 2.24) is 0 Å². The van der Waals surface area contributed by atoms with Gasteiger partial charge in [0.05, 0.1) is 12.2 Å². The standard InChI is InChI=1S/C24H19ClO4/c1-2-28-23-6-4-3-5-18(23)11-16-22(26)17-9-14-21(15-10-17)29-24(27)19-7-12-20(25)13-8-19/h3-16H,2H2,1H3. The van der Waals surface area contributed by atoms with Gasteiger partial charge < -0.3 is 9.47 Å². The summed E-state index contributed by atoms with van der Waals surface area (Å²) < 4.78 is 10.9. The predicted octanol–water partition coefficient (Wildman–Crippen LogP) is 5.85. The number of carbonyl (C=O) groups is 2. The van der Waals surface area contributed by atoms with Crippen LogP contribution in [0.1, 0.15) is 33.2 Å². The maximum atomic E-state index is 12.4. The number of ether oxygens (including phenoxy) is 2. The average molecular weight is 407 g/mol. The van der Waals surface area contributed by atoms with E-state index in [1.165, 1.54) is 6.08 Å². The third-order valence-electron chi connectivity index (χ3n) is 4.06.